The maximum Gasteiger partial charge on any atom is 0.330 e. The molecule has 0 spiro atoms. The Labute approximate surface area is 334 Å². The highest BCUT2D eigenvalue weighted by Crippen LogP contribution is 2.44. The van der Waals surface area contributed by atoms with Gasteiger partial charge in [-0.15, -0.1) is 0 Å². The Hall–Kier alpha value is -5.58. The van der Waals surface area contributed by atoms with Crippen LogP contribution in [0.1, 0.15) is 66.0 Å². The van der Waals surface area contributed by atoms with Gasteiger partial charge >= 0.3 is 11.4 Å². The van der Waals surface area contributed by atoms with Crippen molar-refractivity contribution in [3.05, 3.63) is 161 Å². The molecule has 6 atom stereocenters. The van der Waals surface area contributed by atoms with Crippen LogP contribution in [0.15, 0.2) is 110 Å². The van der Waals surface area contributed by atoms with E-state index in [1.807, 2.05) is 78.9 Å². The number of aliphatic hydroxyl groups is 1. The van der Waals surface area contributed by atoms with Crippen LogP contribution >= 0.6 is 0 Å². The van der Waals surface area contributed by atoms with Crippen LogP contribution in [-0.2, 0) is 19.8 Å². The predicted octanol–water partition coefficient (Wildman–Crippen LogP) is 3.61. The molecule has 2 saturated heterocycles. The third-order valence-electron chi connectivity index (χ3n) is 11.1. The average Bonchev–Trinajstić information content (AvgIpc) is 3.82. The van der Waals surface area contributed by atoms with E-state index in [2.05, 4.69) is 15.3 Å². The van der Waals surface area contributed by atoms with Gasteiger partial charge in [0.15, 0.2) is 0 Å². The quantitative estimate of drug-likeness (QED) is 0.0896. The third-order valence-corrected chi connectivity index (χ3v) is 11.1. The standard InChI is InChI=1S/C43H49N5O10/c1-26-23-47(41(52)45-38(26)50)36-21-28(9-8-20-44-40-34(49)22-37(58-40)48-24-27(2)39(51)46-42(48)53)35(57-36)25-56-43(29-10-6-5-7-11-29,30-12-16-32(54-3)17-13-30)31-14-18-33(55-4)19-15-31/h5-7,10-19,23-24,28,34-37,40,44,49H,8-9,20-22,25H2,1-4H3,(H,45,50,52)(H,46,51,53)/t28-,34?,35+,36+,37?,40?/m0/s1. The van der Waals surface area contributed by atoms with Gasteiger partial charge in [-0.2, -0.15) is 0 Å². The highest BCUT2D eigenvalue weighted by atomic mass is 16.6. The molecule has 4 N–H and O–H groups in total. The second kappa shape index (κ2) is 17.5. The number of aryl methyl sites for hydroxylation is 2. The van der Waals surface area contributed by atoms with Crippen molar-refractivity contribution in [2.75, 3.05) is 27.4 Å². The molecule has 58 heavy (non-hydrogen) atoms. The molecule has 3 aromatic carbocycles. The van der Waals surface area contributed by atoms with E-state index in [-0.39, 0.29) is 18.9 Å². The van der Waals surface area contributed by atoms with E-state index in [0.717, 1.165) is 16.7 Å². The fraction of sp³-hybridized carbons (Fsp3) is 0.395. The van der Waals surface area contributed by atoms with Crippen molar-refractivity contribution in [3.8, 4) is 11.5 Å². The van der Waals surface area contributed by atoms with Crippen LogP contribution in [-0.4, -0.2) is 70.0 Å². The van der Waals surface area contributed by atoms with Gasteiger partial charge in [-0.1, -0.05) is 54.6 Å². The van der Waals surface area contributed by atoms with E-state index in [0.29, 0.717) is 48.4 Å². The molecule has 0 bridgehead atoms. The summed E-state index contributed by atoms with van der Waals surface area (Å²) in [6, 6.07) is 25.5. The van der Waals surface area contributed by atoms with Crippen LogP contribution in [0, 0.1) is 19.8 Å². The van der Waals surface area contributed by atoms with Gasteiger partial charge in [0.05, 0.1) is 33.0 Å². The van der Waals surface area contributed by atoms with Crippen LogP contribution in [0.5, 0.6) is 11.5 Å². The van der Waals surface area contributed by atoms with Gasteiger partial charge in [0.2, 0.25) is 0 Å². The molecule has 3 unspecified atom stereocenters. The summed E-state index contributed by atoms with van der Waals surface area (Å²) < 4.78 is 33.6. The summed E-state index contributed by atoms with van der Waals surface area (Å²) in [7, 11) is 3.24. The molecule has 0 radical (unpaired) electrons. The minimum atomic E-state index is -1.10. The molecule has 0 amide bonds. The van der Waals surface area contributed by atoms with Crippen LogP contribution in [0.25, 0.3) is 0 Å². The second-order valence-corrected chi connectivity index (χ2v) is 14.8. The first-order chi connectivity index (χ1) is 28.0. The van der Waals surface area contributed by atoms with E-state index in [1.165, 1.54) is 21.5 Å². The molecule has 0 saturated carbocycles. The van der Waals surface area contributed by atoms with Gasteiger partial charge < -0.3 is 28.8 Å². The van der Waals surface area contributed by atoms with Crippen LogP contribution < -0.4 is 37.3 Å². The molecule has 306 valence electrons. The van der Waals surface area contributed by atoms with Crippen molar-refractivity contribution in [2.45, 2.75) is 76.0 Å². The molecule has 2 aliphatic rings. The van der Waals surface area contributed by atoms with Crippen LogP contribution in [0.2, 0.25) is 0 Å². The first-order valence-electron chi connectivity index (χ1n) is 19.4. The number of rotatable bonds is 15. The molecule has 0 aliphatic carbocycles. The number of aromatic amines is 2. The minimum Gasteiger partial charge on any atom is -0.497 e. The lowest BCUT2D eigenvalue weighted by molar-refractivity contribution is -0.0854. The normalized spacial score (nSPS) is 21.9. The van der Waals surface area contributed by atoms with Crippen molar-refractivity contribution in [2.24, 2.45) is 5.92 Å². The highest BCUT2D eigenvalue weighted by molar-refractivity contribution is 5.49. The van der Waals surface area contributed by atoms with Crippen molar-refractivity contribution in [1.82, 2.24) is 24.4 Å². The minimum absolute atomic E-state index is 0.0870. The largest absolute Gasteiger partial charge is 0.497 e. The number of ether oxygens (including phenoxy) is 5. The Morgan fingerprint density at radius 3 is 1.79 bits per heavy atom. The maximum absolute atomic E-state index is 13.1. The lowest BCUT2D eigenvalue weighted by Gasteiger charge is -2.37. The predicted molar refractivity (Wildman–Crippen MR) is 214 cm³/mol. The highest BCUT2D eigenvalue weighted by Gasteiger charge is 2.43. The van der Waals surface area contributed by atoms with E-state index >= 15 is 0 Å². The fourth-order valence-corrected chi connectivity index (χ4v) is 7.94. The first-order valence-corrected chi connectivity index (χ1v) is 19.4. The van der Waals surface area contributed by atoms with Crippen molar-refractivity contribution in [1.29, 1.82) is 0 Å². The second-order valence-electron chi connectivity index (χ2n) is 14.8. The molecule has 4 heterocycles. The van der Waals surface area contributed by atoms with Crippen molar-refractivity contribution in [3.63, 3.8) is 0 Å². The van der Waals surface area contributed by atoms with Crippen LogP contribution in [0.4, 0.5) is 0 Å². The van der Waals surface area contributed by atoms with Crippen molar-refractivity contribution < 1.29 is 28.8 Å². The molecule has 15 nitrogen and oxygen atoms in total. The SMILES string of the molecule is COc1ccc(C(OC[C@H]2O[C@@H](n3cc(C)c(=O)[nH]c3=O)C[C@@H]2CCCNC2OC(n3cc(C)c(=O)[nH]c3=O)CC2O)(c2ccccc2)c2ccc(OC)cc2)cc1. The summed E-state index contributed by atoms with van der Waals surface area (Å²) in [5.41, 5.74) is 0.174. The number of H-pyrrole nitrogens is 2. The van der Waals surface area contributed by atoms with Crippen LogP contribution in [0.3, 0.4) is 0 Å². The number of benzene rings is 3. The Kier molecular flexibility index (Phi) is 12.3. The van der Waals surface area contributed by atoms with Gasteiger partial charge in [-0.05, 0) is 86.5 Å². The molecule has 2 fully saturated rings. The Balaban J connectivity index is 1.14. The molecule has 15 heteroatoms. The van der Waals surface area contributed by atoms with E-state index in [4.69, 9.17) is 23.7 Å². The topological polar surface area (TPSA) is 188 Å². The summed E-state index contributed by atoms with van der Waals surface area (Å²) in [5.74, 6) is 1.31. The van der Waals surface area contributed by atoms with Gasteiger partial charge in [0.1, 0.15) is 35.8 Å². The number of hydrogen-bond donors (Lipinski definition) is 4. The summed E-state index contributed by atoms with van der Waals surface area (Å²) in [4.78, 5) is 54.4. The Morgan fingerprint density at radius 1 is 0.741 bits per heavy atom. The van der Waals surface area contributed by atoms with E-state index in [1.54, 1.807) is 28.1 Å². The van der Waals surface area contributed by atoms with Gasteiger partial charge in [-0.25, -0.2) is 9.59 Å². The van der Waals surface area contributed by atoms with E-state index < -0.39 is 59.0 Å². The number of aromatic nitrogens is 4. The van der Waals surface area contributed by atoms with Crippen molar-refractivity contribution >= 4 is 0 Å². The summed E-state index contributed by atoms with van der Waals surface area (Å²) in [6.45, 7) is 3.84. The lowest BCUT2D eigenvalue weighted by Crippen LogP contribution is -2.39. The zero-order chi connectivity index (χ0) is 41.0. The fourth-order valence-electron chi connectivity index (χ4n) is 7.94. The van der Waals surface area contributed by atoms with Gasteiger partial charge in [0, 0.05) is 29.9 Å². The Bertz CT molecular complexity index is 2360. The molecule has 2 aliphatic heterocycles. The number of nitrogens with zero attached hydrogens (tertiary/aromatic N) is 2. The Morgan fingerprint density at radius 2 is 1.26 bits per heavy atom. The number of aliphatic hydroxyl groups excluding tert-OH is 1. The molecule has 7 rings (SSSR count). The molecule has 5 aromatic rings. The third kappa shape index (κ3) is 8.35. The zero-order valence-electron chi connectivity index (χ0n) is 32.9. The summed E-state index contributed by atoms with van der Waals surface area (Å²) >= 11 is 0. The first kappa shape index (κ1) is 40.6. The van der Waals surface area contributed by atoms with E-state index in [9.17, 15) is 24.3 Å². The molecular weight excluding hydrogens is 746 g/mol. The molecule has 2 aromatic heterocycles. The average molecular weight is 796 g/mol. The lowest BCUT2D eigenvalue weighted by atomic mass is 9.80. The monoisotopic (exact) mass is 795 g/mol. The van der Waals surface area contributed by atoms with Gasteiger partial charge in [-0.3, -0.25) is 34.0 Å². The molecular formula is C43H49N5O10. The number of methoxy groups -OCH3 is 2. The van der Waals surface area contributed by atoms with Gasteiger partial charge in [0.25, 0.3) is 11.1 Å². The summed E-state index contributed by atoms with van der Waals surface area (Å²) in [5, 5.41) is 14.1. The maximum atomic E-state index is 13.1. The zero-order valence-corrected chi connectivity index (χ0v) is 32.9. The smallest absolute Gasteiger partial charge is 0.330 e. The number of nitrogens with one attached hydrogen (secondary N) is 3. The number of hydrogen-bond acceptors (Lipinski definition) is 11. The summed E-state index contributed by atoms with van der Waals surface area (Å²) in [6.07, 6.45) is 1.39.